The van der Waals surface area contributed by atoms with Crippen molar-refractivity contribution in [2.24, 2.45) is 5.10 Å². The van der Waals surface area contributed by atoms with Crippen LogP contribution in [0.15, 0.2) is 101 Å². The van der Waals surface area contributed by atoms with Crippen molar-refractivity contribution in [3.8, 4) is 5.75 Å². The Morgan fingerprint density at radius 1 is 0.912 bits per heavy atom. The minimum Gasteiger partial charge on any atom is -0.379 e. The zero-order chi connectivity index (χ0) is 24.1. The van der Waals surface area contributed by atoms with Crippen LogP contribution in [-0.4, -0.2) is 25.5 Å². The standard InChI is InChI=1S/C24H17N3O6S/c28-24(20-8-7-18-3-1-2-4-19(18)15-20)26-25-16-17-5-11-22(12-6-17)33-34(31,32)23-13-9-21(10-14-23)27(29)30/h1-16H,(H,26,28)/b25-16-. The number of carbonyl (C=O) groups excluding carboxylic acids is 1. The number of nitrogens with zero attached hydrogens (tertiary/aromatic N) is 2. The van der Waals surface area contributed by atoms with Crippen LogP contribution in [0.25, 0.3) is 10.8 Å². The first-order valence-corrected chi connectivity index (χ1v) is 11.3. The van der Waals surface area contributed by atoms with Gasteiger partial charge in [-0.05, 0) is 64.9 Å². The summed E-state index contributed by atoms with van der Waals surface area (Å²) in [7, 11) is -4.16. The number of hydrogen-bond donors (Lipinski definition) is 1. The first-order chi connectivity index (χ1) is 16.3. The van der Waals surface area contributed by atoms with Gasteiger partial charge >= 0.3 is 10.1 Å². The summed E-state index contributed by atoms with van der Waals surface area (Å²) in [4.78, 5) is 22.2. The second-order valence-electron chi connectivity index (χ2n) is 7.12. The zero-order valence-electron chi connectivity index (χ0n) is 17.5. The zero-order valence-corrected chi connectivity index (χ0v) is 18.3. The molecule has 0 aliphatic carbocycles. The third-order valence-electron chi connectivity index (χ3n) is 4.81. The lowest BCUT2D eigenvalue weighted by Gasteiger charge is -2.07. The highest BCUT2D eigenvalue weighted by Crippen LogP contribution is 2.21. The summed E-state index contributed by atoms with van der Waals surface area (Å²) in [6.45, 7) is 0. The van der Waals surface area contributed by atoms with E-state index in [-0.39, 0.29) is 22.2 Å². The van der Waals surface area contributed by atoms with Gasteiger partial charge in [0, 0.05) is 17.7 Å². The van der Waals surface area contributed by atoms with E-state index < -0.39 is 15.0 Å². The normalized spacial score (nSPS) is 11.4. The molecule has 0 aliphatic heterocycles. The van der Waals surface area contributed by atoms with E-state index in [1.165, 1.54) is 18.3 Å². The quantitative estimate of drug-likeness (QED) is 0.184. The number of hydrogen-bond acceptors (Lipinski definition) is 7. The summed E-state index contributed by atoms with van der Waals surface area (Å²) in [6.07, 6.45) is 1.41. The fourth-order valence-electron chi connectivity index (χ4n) is 3.08. The smallest absolute Gasteiger partial charge is 0.339 e. The van der Waals surface area contributed by atoms with Crippen LogP contribution >= 0.6 is 0 Å². The molecule has 4 rings (SSSR count). The van der Waals surface area contributed by atoms with Gasteiger partial charge in [-0.2, -0.15) is 13.5 Å². The van der Waals surface area contributed by atoms with Crippen LogP contribution in [0.5, 0.6) is 5.75 Å². The Labute approximate surface area is 194 Å². The second-order valence-corrected chi connectivity index (χ2v) is 8.66. The molecule has 1 amide bonds. The van der Waals surface area contributed by atoms with Gasteiger partial charge in [0.25, 0.3) is 11.6 Å². The highest BCUT2D eigenvalue weighted by atomic mass is 32.2. The van der Waals surface area contributed by atoms with Crippen LogP contribution in [0.4, 0.5) is 5.69 Å². The molecule has 0 radical (unpaired) electrons. The van der Waals surface area contributed by atoms with E-state index in [9.17, 15) is 23.3 Å². The number of amides is 1. The van der Waals surface area contributed by atoms with Gasteiger partial charge in [-0.3, -0.25) is 14.9 Å². The number of nitro benzene ring substituents is 1. The highest BCUT2D eigenvalue weighted by Gasteiger charge is 2.18. The number of nitrogens with one attached hydrogen (secondary N) is 1. The van der Waals surface area contributed by atoms with Crippen molar-refractivity contribution in [1.29, 1.82) is 0 Å². The van der Waals surface area contributed by atoms with Gasteiger partial charge in [0.15, 0.2) is 0 Å². The predicted molar refractivity (Wildman–Crippen MR) is 126 cm³/mol. The number of fused-ring (bicyclic) bond motifs is 1. The van der Waals surface area contributed by atoms with Crippen molar-refractivity contribution >= 4 is 38.7 Å². The molecular formula is C24H17N3O6S. The average Bonchev–Trinajstić information content (AvgIpc) is 2.84. The Bertz CT molecular complexity index is 1500. The Hall–Kier alpha value is -4.57. The number of non-ortho nitro benzene ring substituents is 1. The topological polar surface area (TPSA) is 128 Å². The van der Waals surface area contributed by atoms with E-state index in [0.717, 1.165) is 35.0 Å². The Morgan fingerprint density at radius 3 is 2.26 bits per heavy atom. The minimum absolute atomic E-state index is 0.0516. The molecular weight excluding hydrogens is 458 g/mol. The fourth-order valence-corrected chi connectivity index (χ4v) is 4.01. The molecule has 9 nitrogen and oxygen atoms in total. The van der Waals surface area contributed by atoms with E-state index in [1.54, 1.807) is 24.3 Å². The molecule has 0 spiro atoms. The van der Waals surface area contributed by atoms with E-state index in [0.29, 0.717) is 11.1 Å². The maximum Gasteiger partial charge on any atom is 0.339 e. The summed E-state index contributed by atoms with van der Waals surface area (Å²) >= 11 is 0. The van der Waals surface area contributed by atoms with Gasteiger partial charge in [0.05, 0.1) is 11.1 Å². The number of rotatable bonds is 7. The van der Waals surface area contributed by atoms with Crippen LogP contribution in [-0.2, 0) is 10.1 Å². The summed E-state index contributed by atoms with van der Waals surface area (Å²) in [6, 6.07) is 23.4. The molecule has 0 atom stereocenters. The molecule has 0 fully saturated rings. The van der Waals surface area contributed by atoms with E-state index in [1.807, 2.05) is 30.3 Å². The third kappa shape index (κ3) is 5.25. The Morgan fingerprint density at radius 2 is 1.59 bits per heavy atom. The van der Waals surface area contributed by atoms with Crippen molar-refractivity contribution in [1.82, 2.24) is 5.43 Å². The van der Waals surface area contributed by atoms with Crippen LogP contribution in [0.3, 0.4) is 0 Å². The fraction of sp³-hybridized carbons (Fsp3) is 0. The Kier molecular flexibility index (Phi) is 6.33. The van der Waals surface area contributed by atoms with Gasteiger partial charge < -0.3 is 4.18 Å². The second kappa shape index (κ2) is 9.51. The van der Waals surface area contributed by atoms with E-state index in [4.69, 9.17) is 4.18 Å². The summed E-state index contributed by atoms with van der Waals surface area (Å²) in [5, 5.41) is 16.6. The molecule has 170 valence electrons. The molecule has 4 aromatic carbocycles. The van der Waals surface area contributed by atoms with Crippen LogP contribution in [0.1, 0.15) is 15.9 Å². The molecule has 4 aromatic rings. The predicted octanol–water partition coefficient (Wildman–Crippen LogP) is 4.28. The number of carbonyl (C=O) groups is 1. The van der Waals surface area contributed by atoms with Crippen LogP contribution in [0.2, 0.25) is 0 Å². The molecule has 34 heavy (non-hydrogen) atoms. The van der Waals surface area contributed by atoms with Crippen molar-refractivity contribution in [3.05, 3.63) is 112 Å². The maximum absolute atomic E-state index is 12.4. The molecule has 0 saturated carbocycles. The molecule has 0 aliphatic rings. The van der Waals surface area contributed by atoms with Crippen LogP contribution in [0, 0.1) is 10.1 Å². The lowest BCUT2D eigenvalue weighted by molar-refractivity contribution is -0.384. The number of nitro groups is 1. The van der Waals surface area contributed by atoms with E-state index >= 15 is 0 Å². The third-order valence-corrected chi connectivity index (χ3v) is 6.07. The first-order valence-electron chi connectivity index (χ1n) is 9.93. The lowest BCUT2D eigenvalue weighted by atomic mass is 10.1. The van der Waals surface area contributed by atoms with Crippen LogP contribution < -0.4 is 9.61 Å². The first kappa shape index (κ1) is 22.6. The SMILES string of the molecule is O=C(N/N=C\c1ccc(OS(=O)(=O)c2ccc([N+](=O)[O-])cc2)cc1)c1ccc2ccccc2c1. The molecule has 0 saturated heterocycles. The largest absolute Gasteiger partial charge is 0.379 e. The summed E-state index contributed by atoms with van der Waals surface area (Å²) < 4.78 is 29.8. The average molecular weight is 475 g/mol. The van der Waals surface area contributed by atoms with Crippen molar-refractivity contribution in [2.75, 3.05) is 0 Å². The summed E-state index contributed by atoms with van der Waals surface area (Å²) in [5.74, 6) is -0.313. The van der Waals surface area contributed by atoms with Gasteiger partial charge in [-0.1, -0.05) is 30.3 Å². The molecule has 0 aromatic heterocycles. The van der Waals surface area contributed by atoms with Crippen molar-refractivity contribution in [2.45, 2.75) is 4.90 Å². The van der Waals surface area contributed by atoms with Crippen molar-refractivity contribution in [3.63, 3.8) is 0 Å². The molecule has 1 N–H and O–H groups in total. The van der Waals surface area contributed by atoms with Gasteiger partial charge in [0.1, 0.15) is 10.6 Å². The molecule has 0 bridgehead atoms. The molecule has 0 heterocycles. The van der Waals surface area contributed by atoms with Gasteiger partial charge in [0.2, 0.25) is 0 Å². The van der Waals surface area contributed by atoms with E-state index in [2.05, 4.69) is 10.5 Å². The summed E-state index contributed by atoms with van der Waals surface area (Å²) in [5.41, 5.74) is 3.29. The minimum atomic E-state index is -4.16. The monoisotopic (exact) mass is 475 g/mol. The molecule has 10 heteroatoms. The number of hydrazone groups is 1. The number of benzene rings is 4. The van der Waals surface area contributed by atoms with Crippen molar-refractivity contribution < 1.29 is 22.3 Å². The maximum atomic E-state index is 12.4. The lowest BCUT2D eigenvalue weighted by Crippen LogP contribution is -2.17. The van der Waals surface area contributed by atoms with Gasteiger partial charge in [-0.15, -0.1) is 0 Å². The molecule has 0 unspecified atom stereocenters. The highest BCUT2D eigenvalue weighted by molar-refractivity contribution is 7.87. The Balaban J connectivity index is 1.38. The van der Waals surface area contributed by atoms with Gasteiger partial charge in [-0.25, -0.2) is 5.43 Å².